The highest BCUT2D eigenvalue weighted by Gasteiger charge is 2.05. The monoisotopic (exact) mass is 308 g/mol. The van der Waals surface area contributed by atoms with Gasteiger partial charge in [-0.3, -0.25) is 4.79 Å². The molecule has 0 heterocycles. The summed E-state index contributed by atoms with van der Waals surface area (Å²) >= 11 is 3.34. The summed E-state index contributed by atoms with van der Waals surface area (Å²) in [6.07, 6.45) is 0.309. The summed E-state index contributed by atoms with van der Waals surface area (Å²) in [4.78, 5) is 11.3. The number of amides is 1. The number of halogens is 2. The molecule has 0 saturated carbocycles. The van der Waals surface area contributed by atoms with Gasteiger partial charge >= 0.3 is 0 Å². The lowest BCUT2D eigenvalue weighted by molar-refractivity contribution is -0.116. The van der Waals surface area contributed by atoms with Gasteiger partial charge in [0.05, 0.1) is 12.8 Å². The van der Waals surface area contributed by atoms with Gasteiger partial charge in [0.15, 0.2) is 0 Å². The van der Waals surface area contributed by atoms with E-state index in [4.69, 9.17) is 10.5 Å². The van der Waals surface area contributed by atoms with Crippen molar-refractivity contribution in [3.63, 3.8) is 0 Å². The Kier molecular flexibility index (Phi) is 7.12. The van der Waals surface area contributed by atoms with Crippen molar-refractivity contribution in [2.45, 2.75) is 6.42 Å². The first-order chi connectivity index (χ1) is 7.17. The molecular formula is C10H14BrClN2O2. The second kappa shape index (κ2) is 7.49. The van der Waals surface area contributed by atoms with E-state index < -0.39 is 0 Å². The van der Waals surface area contributed by atoms with E-state index in [-0.39, 0.29) is 18.3 Å². The lowest BCUT2D eigenvalue weighted by Crippen LogP contribution is -2.16. The number of nitrogens with one attached hydrogen (secondary N) is 1. The summed E-state index contributed by atoms with van der Waals surface area (Å²) in [7, 11) is 1.58. The lowest BCUT2D eigenvalue weighted by atomic mass is 10.3. The van der Waals surface area contributed by atoms with E-state index in [0.29, 0.717) is 24.4 Å². The van der Waals surface area contributed by atoms with Gasteiger partial charge in [-0.05, 0) is 28.1 Å². The second-order valence-corrected chi connectivity index (χ2v) is 3.79. The molecule has 0 aliphatic heterocycles. The maximum absolute atomic E-state index is 11.3. The molecule has 0 atom stereocenters. The maximum Gasteiger partial charge on any atom is 0.225 e. The van der Waals surface area contributed by atoms with Crippen LogP contribution in [-0.2, 0) is 4.79 Å². The van der Waals surface area contributed by atoms with Crippen LogP contribution >= 0.6 is 28.3 Å². The zero-order chi connectivity index (χ0) is 11.3. The molecule has 0 aromatic heterocycles. The Morgan fingerprint density at radius 3 is 2.81 bits per heavy atom. The third-order valence-corrected chi connectivity index (χ3v) is 2.51. The Morgan fingerprint density at radius 2 is 2.25 bits per heavy atom. The molecule has 1 amide bonds. The normalized spacial score (nSPS) is 9.19. The fourth-order valence-corrected chi connectivity index (χ4v) is 1.42. The number of rotatable bonds is 4. The first-order valence-corrected chi connectivity index (χ1v) is 5.30. The van der Waals surface area contributed by atoms with Crippen LogP contribution in [0.25, 0.3) is 0 Å². The number of methoxy groups -OCH3 is 1. The molecule has 0 saturated heterocycles. The average Bonchev–Trinajstić information content (AvgIpc) is 2.21. The number of anilines is 1. The molecule has 6 heteroatoms. The minimum Gasteiger partial charge on any atom is -0.497 e. The molecule has 0 aliphatic carbocycles. The van der Waals surface area contributed by atoms with Crippen LogP contribution < -0.4 is 15.8 Å². The molecule has 16 heavy (non-hydrogen) atoms. The van der Waals surface area contributed by atoms with Crippen molar-refractivity contribution in [2.24, 2.45) is 5.73 Å². The second-order valence-electron chi connectivity index (χ2n) is 2.93. The third kappa shape index (κ3) is 4.38. The van der Waals surface area contributed by atoms with Gasteiger partial charge in [0.1, 0.15) is 5.75 Å². The maximum atomic E-state index is 11.3. The highest BCUT2D eigenvalue weighted by Crippen LogP contribution is 2.27. The predicted octanol–water partition coefficient (Wildman–Crippen LogP) is 2.17. The minimum atomic E-state index is -0.105. The van der Waals surface area contributed by atoms with Gasteiger partial charge in [-0.1, -0.05) is 0 Å². The number of carbonyl (C=O) groups is 1. The largest absolute Gasteiger partial charge is 0.497 e. The summed E-state index contributed by atoms with van der Waals surface area (Å²) in [6.45, 7) is 0.341. The molecule has 4 nitrogen and oxygen atoms in total. The Bertz CT molecular complexity index is 361. The van der Waals surface area contributed by atoms with Gasteiger partial charge in [0.2, 0.25) is 5.91 Å². The molecule has 1 rings (SSSR count). The molecule has 1 aromatic rings. The van der Waals surface area contributed by atoms with Gasteiger partial charge in [-0.25, -0.2) is 0 Å². The van der Waals surface area contributed by atoms with E-state index in [9.17, 15) is 4.79 Å². The Balaban J connectivity index is 0.00000225. The number of carbonyl (C=O) groups excluding carboxylic acids is 1. The standard InChI is InChI=1S/C10H13BrN2O2.ClH/c1-15-7-2-3-8(11)9(6-7)13-10(14)4-5-12;/h2-3,6H,4-5,12H2,1H3,(H,13,14);1H. The number of benzene rings is 1. The van der Waals surface area contributed by atoms with Crippen LogP contribution in [-0.4, -0.2) is 19.6 Å². The van der Waals surface area contributed by atoms with Crippen molar-refractivity contribution in [2.75, 3.05) is 19.0 Å². The first-order valence-electron chi connectivity index (χ1n) is 4.51. The van der Waals surface area contributed by atoms with E-state index in [1.165, 1.54) is 0 Å². The minimum absolute atomic E-state index is 0. The smallest absolute Gasteiger partial charge is 0.225 e. The average molecular weight is 310 g/mol. The van der Waals surface area contributed by atoms with E-state index in [2.05, 4.69) is 21.2 Å². The van der Waals surface area contributed by atoms with E-state index in [0.717, 1.165) is 4.47 Å². The van der Waals surface area contributed by atoms with Gasteiger partial charge < -0.3 is 15.8 Å². The molecule has 90 valence electrons. The van der Waals surface area contributed by atoms with Gasteiger partial charge in [-0.15, -0.1) is 12.4 Å². The van der Waals surface area contributed by atoms with Gasteiger partial charge in [0.25, 0.3) is 0 Å². The number of hydrogen-bond acceptors (Lipinski definition) is 3. The summed E-state index contributed by atoms with van der Waals surface area (Å²) in [6, 6.07) is 5.37. The van der Waals surface area contributed by atoms with Crippen molar-refractivity contribution in [3.05, 3.63) is 22.7 Å². The van der Waals surface area contributed by atoms with E-state index in [1.54, 1.807) is 13.2 Å². The lowest BCUT2D eigenvalue weighted by Gasteiger charge is -2.08. The van der Waals surface area contributed by atoms with Gasteiger partial charge in [0, 0.05) is 23.5 Å². The van der Waals surface area contributed by atoms with Crippen LogP contribution in [0.4, 0.5) is 5.69 Å². The molecule has 3 N–H and O–H groups in total. The quantitative estimate of drug-likeness (QED) is 0.896. The van der Waals surface area contributed by atoms with Crippen LogP contribution in [0.15, 0.2) is 22.7 Å². The topological polar surface area (TPSA) is 64.3 Å². The van der Waals surface area contributed by atoms with E-state index >= 15 is 0 Å². The van der Waals surface area contributed by atoms with Crippen molar-refractivity contribution in [3.8, 4) is 5.75 Å². The molecular weight excluding hydrogens is 295 g/mol. The SMILES string of the molecule is COc1ccc(Br)c(NC(=O)CCN)c1.Cl. The molecule has 0 unspecified atom stereocenters. The van der Waals surface area contributed by atoms with E-state index in [1.807, 2.05) is 12.1 Å². The van der Waals surface area contributed by atoms with Crippen molar-refractivity contribution < 1.29 is 9.53 Å². The molecule has 0 bridgehead atoms. The fourth-order valence-electron chi connectivity index (χ4n) is 1.07. The van der Waals surface area contributed by atoms with Crippen molar-refractivity contribution in [1.29, 1.82) is 0 Å². The van der Waals surface area contributed by atoms with Crippen LogP contribution in [0, 0.1) is 0 Å². The van der Waals surface area contributed by atoms with Crippen molar-refractivity contribution >= 4 is 39.9 Å². The van der Waals surface area contributed by atoms with Crippen molar-refractivity contribution in [1.82, 2.24) is 0 Å². The van der Waals surface area contributed by atoms with Gasteiger partial charge in [-0.2, -0.15) is 0 Å². The van der Waals surface area contributed by atoms with Crippen LogP contribution in [0.1, 0.15) is 6.42 Å². The molecule has 0 fully saturated rings. The zero-order valence-electron chi connectivity index (χ0n) is 8.83. The fraction of sp³-hybridized carbons (Fsp3) is 0.300. The van der Waals surface area contributed by atoms with Crippen LogP contribution in [0.3, 0.4) is 0 Å². The highest BCUT2D eigenvalue weighted by atomic mass is 79.9. The molecule has 1 aromatic carbocycles. The number of nitrogens with two attached hydrogens (primary N) is 1. The summed E-state index contributed by atoms with van der Waals surface area (Å²) < 4.78 is 5.87. The summed E-state index contributed by atoms with van der Waals surface area (Å²) in [5, 5.41) is 2.74. The van der Waals surface area contributed by atoms with Crippen LogP contribution in [0.5, 0.6) is 5.75 Å². The predicted molar refractivity (Wildman–Crippen MR) is 70.2 cm³/mol. The molecule has 0 radical (unpaired) electrons. The molecule has 0 aliphatic rings. The highest BCUT2D eigenvalue weighted by molar-refractivity contribution is 9.10. The number of hydrogen-bond donors (Lipinski definition) is 2. The Morgan fingerprint density at radius 1 is 1.56 bits per heavy atom. The Hall–Kier alpha value is -0.780. The third-order valence-electron chi connectivity index (χ3n) is 1.82. The first kappa shape index (κ1) is 15.2. The van der Waals surface area contributed by atoms with Crippen LogP contribution in [0.2, 0.25) is 0 Å². The Labute approximate surface area is 109 Å². The zero-order valence-corrected chi connectivity index (χ0v) is 11.2. The molecule has 0 spiro atoms. The number of ether oxygens (including phenoxy) is 1. The summed E-state index contributed by atoms with van der Waals surface area (Å²) in [5.41, 5.74) is 5.97. The summed E-state index contributed by atoms with van der Waals surface area (Å²) in [5.74, 6) is 0.590.